The van der Waals surface area contributed by atoms with Gasteiger partial charge in [-0.15, -0.1) is 0 Å². The number of amides is 1. The number of benzene rings is 2. The molecule has 1 fully saturated rings. The lowest BCUT2D eigenvalue weighted by Gasteiger charge is -2.34. The van der Waals surface area contributed by atoms with Gasteiger partial charge in [0.15, 0.2) is 16.7 Å². The van der Waals surface area contributed by atoms with Gasteiger partial charge in [0.1, 0.15) is 6.61 Å². The van der Waals surface area contributed by atoms with Gasteiger partial charge in [0.05, 0.1) is 23.1 Å². The van der Waals surface area contributed by atoms with Crippen LogP contribution in [0.2, 0.25) is 0 Å². The lowest BCUT2D eigenvalue weighted by atomic mass is 10.0. The molecule has 2 aliphatic rings. The Balaban J connectivity index is 1.47. The minimum Gasteiger partial charge on any atom is -0.493 e. The van der Waals surface area contributed by atoms with Crippen LogP contribution in [0.3, 0.4) is 0 Å². The average molecular weight is 574 g/mol. The highest BCUT2D eigenvalue weighted by Gasteiger charge is 2.38. The molecule has 0 aliphatic carbocycles. The number of carbonyl (C=O) groups excluding carboxylic acids is 1. The molecule has 0 atom stereocenters. The van der Waals surface area contributed by atoms with E-state index in [2.05, 4.69) is 21.7 Å². The van der Waals surface area contributed by atoms with E-state index in [9.17, 15) is 31.1 Å². The van der Waals surface area contributed by atoms with Crippen LogP contribution in [0, 0.1) is 0 Å². The largest absolute Gasteiger partial charge is 0.493 e. The van der Waals surface area contributed by atoms with Gasteiger partial charge < -0.3 is 19.3 Å². The smallest absolute Gasteiger partial charge is 0.416 e. The number of methoxy groups -OCH3 is 1. The van der Waals surface area contributed by atoms with Gasteiger partial charge in [0.25, 0.3) is 5.91 Å². The standard InChI is InChI=1S/C26H25F6N3O3S/c1-3-34-8-10-35(11-9-34)24-33-23(36)22(39-24)13-16-4-7-20(21(12-16)37-2)38-15-17-5-6-18(25(27,28)29)14-19(17)26(30,31)32/h4-7,12-14H,3,8-11,15H2,1-2H3/b22-13+. The van der Waals surface area contributed by atoms with Crippen LogP contribution < -0.4 is 9.47 Å². The number of rotatable bonds is 6. The number of carbonyl (C=O) groups is 1. The summed E-state index contributed by atoms with van der Waals surface area (Å²) in [6.07, 6.45) is -8.28. The predicted molar refractivity (Wildman–Crippen MR) is 135 cm³/mol. The van der Waals surface area contributed by atoms with Crippen molar-refractivity contribution in [1.29, 1.82) is 0 Å². The summed E-state index contributed by atoms with van der Waals surface area (Å²) in [5.74, 6) is -0.102. The number of likely N-dealkylation sites (N-methyl/N-ethyl adjacent to an activating group) is 1. The highest BCUT2D eigenvalue weighted by atomic mass is 32.2. The molecule has 4 rings (SSSR count). The Hall–Kier alpha value is -3.19. The Kier molecular flexibility index (Phi) is 8.50. The lowest BCUT2D eigenvalue weighted by molar-refractivity contribution is -0.143. The maximum absolute atomic E-state index is 13.4. The number of piperazine rings is 1. The predicted octanol–water partition coefficient (Wildman–Crippen LogP) is 5.92. The molecule has 1 saturated heterocycles. The van der Waals surface area contributed by atoms with Crippen molar-refractivity contribution in [2.45, 2.75) is 25.9 Å². The van der Waals surface area contributed by atoms with E-state index in [4.69, 9.17) is 9.47 Å². The van der Waals surface area contributed by atoms with Crippen LogP contribution >= 0.6 is 11.8 Å². The van der Waals surface area contributed by atoms with Gasteiger partial charge in [0.2, 0.25) is 0 Å². The van der Waals surface area contributed by atoms with Gasteiger partial charge in [-0.05, 0) is 54.2 Å². The second kappa shape index (κ2) is 11.5. The van der Waals surface area contributed by atoms with Gasteiger partial charge in [-0.2, -0.15) is 31.3 Å². The van der Waals surface area contributed by atoms with E-state index in [1.54, 1.807) is 18.2 Å². The first kappa shape index (κ1) is 28.8. The third-order valence-electron chi connectivity index (χ3n) is 6.31. The monoisotopic (exact) mass is 573 g/mol. The molecule has 210 valence electrons. The molecule has 0 aromatic heterocycles. The van der Waals surface area contributed by atoms with Crippen molar-refractivity contribution < 1.29 is 40.6 Å². The van der Waals surface area contributed by atoms with E-state index in [-0.39, 0.29) is 23.5 Å². The maximum Gasteiger partial charge on any atom is 0.416 e. The molecule has 39 heavy (non-hydrogen) atoms. The molecule has 0 radical (unpaired) electrons. The first-order valence-electron chi connectivity index (χ1n) is 12.0. The van der Waals surface area contributed by atoms with Crippen molar-refractivity contribution >= 4 is 28.9 Å². The van der Waals surface area contributed by atoms with E-state index in [0.29, 0.717) is 21.7 Å². The van der Waals surface area contributed by atoms with Crippen LogP contribution in [0.4, 0.5) is 26.3 Å². The Morgan fingerprint density at radius 3 is 2.31 bits per heavy atom. The number of aliphatic imine (C=N–C) groups is 1. The minimum absolute atomic E-state index is 0.0710. The first-order valence-corrected chi connectivity index (χ1v) is 12.8. The van der Waals surface area contributed by atoms with Crippen molar-refractivity contribution in [3.8, 4) is 11.5 Å². The fourth-order valence-electron chi connectivity index (χ4n) is 4.13. The molecule has 1 amide bonds. The van der Waals surface area contributed by atoms with Gasteiger partial charge in [-0.1, -0.05) is 19.1 Å². The number of thioether (sulfide) groups is 1. The third kappa shape index (κ3) is 6.88. The highest BCUT2D eigenvalue weighted by molar-refractivity contribution is 8.18. The van der Waals surface area contributed by atoms with Gasteiger partial charge in [-0.3, -0.25) is 4.79 Å². The van der Waals surface area contributed by atoms with Crippen molar-refractivity contribution in [3.05, 3.63) is 63.6 Å². The summed E-state index contributed by atoms with van der Waals surface area (Å²) >= 11 is 1.27. The molecule has 6 nitrogen and oxygen atoms in total. The molecule has 2 aromatic rings. The molecule has 0 unspecified atom stereocenters. The fraction of sp³-hybridized carbons (Fsp3) is 0.385. The number of hydrogen-bond donors (Lipinski definition) is 0. The van der Waals surface area contributed by atoms with E-state index in [1.165, 1.54) is 24.9 Å². The summed E-state index contributed by atoms with van der Waals surface area (Å²) in [5, 5.41) is 0.644. The van der Waals surface area contributed by atoms with Gasteiger partial charge >= 0.3 is 12.4 Å². The molecule has 0 spiro atoms. The quantitative estimate of drug-likeness (QED) is 0.316. The zero-order chi connectivity index (χ0) is 28.4. The van der Waals surface area contributed by atoms with Gasteiger partial charge in [0, 0.05) is 31.7 Å². The van der Waals surface area contributed by atoms with Crippen molar-refractivity contribution in [3.63, 3.8) is 0 Å². The third-order valence-corrected chi connectivity index (χ3v) is 7.35. The second-order valence-corrected chi connectivity index (χ2v) is 9.81. The van der Waals surface area contributed by atoms with E-state index < -0.39 is 35.6 Å². The Labute approximate surface area is 225 Å². The van der Waals surface area contributed by atoms with Crippen LogP contribution in [0.1, 0.15) is 29.2 Å². The molecule has 13 heteroatoms. The zero-order valence-corrected chi connectivity index (χ0v) is 21.8. The SMILES string of the molecule is CCN1CCN(C2=NC(=O)/C(=C\c3ccc(OCc4ccc(C(F)(F)F)cc4C(F)(F)F)c(OC)c3)S2)CC1. The number of amidine groups is 1. The number of halogens is 6. The van der Waals surface area contributed by atoms with Crippen LogP contribution in [-0.2, 0) is 23.8 Å². The highest BCUT2D eigenvalue weighted by Crippen LogP contribution is 2.39. The van der Waals surface area contributed by atoms with Crippen molar-refractivity contribution in [2.75, 3.05) is 39.8 Å². The summed E-state index contributed by atoms with van der Waals surface area (Å²) in [4.78, 5) is 21.5. The van der Waals surface area contributed by atoms with Crippen LogP contribution in [0.5, 0.6) is 11.5 Å². The summed E-state index contributed by atoms with van der Waals surface area (Å²) in [7, 11) is 1.34. The Morgan fingerprint density at radius 1 is 0.974 bits per heavy atom. The van der Waals surface area contributed by atoms with Crippen LogP contribution in [0.25, 0.3) is 6.08 Å². The average Bonchev–Trinajstić information content (AvgIpc) is 3.26. The first-order chi connectivity index (χ1) is 18.4. The minimum atomic E-state index is -5.00. The molecule has 2 heterocycles. The molecule has 0 N–H and O–H groups in total. The van der Waals surface area contributed by atoms with Gasteiger partial charge in [-0.25, -0.2) is 0 Å². The maximum atomic E-state index is 13.4. The molecular formula is C26H25F6N3O3S. The van der Waals surface area contributed by atoms with Crippen molar-refractivity contribution in [1.82, 2.24) is 9.80 Å². The Morgan fingerprint density at radius 2 is 1.69 bits per heavy atom. The van der Waals surface area contributed by atoms with Crippen molar-refractivity contribution in [2.24, 2.45) is 4.99 Å². The summed E-state index contributed by atoms with van der Waals surface area (Å²) in [5.41, 5.74) is -2.71. The zero-order valence-electron chi connectivity index (χ0n) is 21.0. The normalized spacial score (nSPS) is 18.1. The fourth-order valence-corrected chi connectivity index (χ4v) is 5.10. The molecule has 0 bridgehead atoms. The Bertz CT molecular complexity index is 1280. The van der Waals surface area contributed by atoms with Crippen LogP contribution in [-0.4, -0.2) is 60.7 Å². The molecular weight excluding hydrogens is 548 g/mol. The molecule has 2 aromatic carbocycles. The number of alkyl halides is 6. The lowest BCUT2D eigenvalue weighted by Crippen LogP contribution is -2.47. The molecule has 0 saturated carbocycles. The number of hydrogen-bond acceptors (Lipinski definition) is 6. The number of nitrogens with zero attached hydrogens (tertiary/aromatic N) is 3. The topological polar surface area (TPSA) is 54.4 Å². The van der Waals surface area contributed by atoms with E-state index in [1.807, 2.05) is 0 Å². The molecule has 2 aliphatic heterocycles. The summed E-state index contributed by atoms with van der Waals surface area (Å²) < 4.78 is 90.0. The second-order valence-electron chi connectivity index (χ2n) is 8.80. The van der Waals surface area contributed by atoms with E-state index in [0.717, 1.165) is 38.8 Å². The van der Waals surface area contributed by atoms with E-state index >= 15 is 0 Å². The number of ether oxygens (including phenoxy) is 2. The summed E-state index contributed by atoms with van der Waals surface area (Å²) in [6.45, 7) is 5.75. The van der Waals surface area contributed by atoms with Crippen LogP contribution in [0.15, 0.2) is 46.3 Å². The summed E-state index contributed by atoms with van der Waals surface area (Å²) in [6, 6.07) is 6.00.